The Morgan fingerprint density at radius 2 is 1.54 bits per heavy atom. The molecule has 0 amide bonds. The molecule has 1 heteroatoms. The fraction of sp³-hybridized carbons (Fsp3) is 0.583. The van der Waals surface area contributed by atoms with Gasteiger partial charge in [-0.05, 0) is 17.4 Å². The van der Waals surface area contributed by atoms with Crippen LogP contribution in [-0.2, 0) is 6.42 Å². The maximum Gasteiger partial charge on any atom is 0.326 e. The molecule has 0 saturated carbocycles. The van der Waals surface area contributed by atoms with Gasteiger partial charge >= 0.3 is 11.5 Å². The van der Waals surface area contributed by atoms with Crippen LogP contribution in [0.5, 0.6) is 0 Å². The van der Waals surface area contributed by atoms with Crippen LogP contribution in [0.3, 0.4) is 0 Å². The first-order valence-electron chi connectivity index (χ1n) is 4.77. The van der Waals surface area contributed by atoms with Crippen molar-refractivity contribution in [3.63, 3.8) is 0 Å². The van der Waals surface area contributed by atoms with Gasteiger partial charge in [-0.15, -0.1) is 0 Å². The predicted octanol–water partition coefficient (Wildman–Crippen LogP) is 3.77. The summed E-state index contributed by atoms with van der Waals surface area (Å²) in [7, 11) is 0. The van der Waals surface area contributed by atoms with Crippen molar-refractivity contribution >= 4 is 0 Å². The van der Waals surface area contributed by atoms with Gasteiger partial charge in [0.25, 0.3) is 0 Å². The van der Waals surface area contributed by atoms with E-state index in [1.54, 1.807) is 0 Å². The molecule has 0 unspecified atom stereocenters. The van der Waals surface area contributed by atoms with Gasteiger partial charge < -0.3 is 0 Å². The van der Waals surface area contributed by atoms with Gasteiger partial charge in [0.05, 0.1) is 13.8 Å². The summed E-state index contributed by atoms with van der Waals surface area (Å²) in [5, 5.41) is 0. The molecule has 1 heterocycles. The molecule has 1 rings (SSSR count). The van der Waals surface area contributed by atoms with E-state index in [0.717, 1.165) is 17.9 Å². The van der Waals surface area contributed by atoms with E-state index in [4.69, 9.17) is 4.42 Å². The molecule has 1 aromatic heterocycles. The Labute approximate surface area is 80.8 Å². The zero-order valence-electron chi connectivity index (χ0n) is 9.27. The molecule has 72 valence electrons. The van der Waals surface area contributed by atoms with Crippen LogP contribution in [0.2, 0.25) is 0 Å². The standard InChI is InChI=1S/C12H19O/c1-9-6-11(7-10(2)13-9)8-12(3,4)5/h6-7H,8H2,1-5H3/q+1. The molecule has 0 aliphatic carbocycles. The number of hydrogen-bond donors (Lipinski definition) is 0. The van der Waals surface area contributed by atoms with Crippen molar-refractivity contribution in [1.82, 2.24) is 0 Å². The molecule has 0 atom stereocenters. The highest BCUT2D eigenvalue weighted by Gasteiger charge is 2.15. The molecule has 1 nitrogen and oxygen atoms in total. The second-order valence-electron chi connectivity index (χ2n) is 4.92. The van der Waals surface area contributed by atoms with Crippen LogP contribution in [0.25, 0.3) is 0 Å². The molecule has 0 aliphatic rings. The first-order valence-corrected chi connectivity index (χ1v) is 4.77. The van der Waals surface area contributed by atoms with Crippen LogP contribution < -0.4 is 0 Å². The van der Waals surface area contributed by atoms with E-state index in [9.17, 15) is 0 Å². The molecule has 0 fully saturated rings. The lowest BCUT2D eigenvalue weighted by molar-refractivity contribution is 0.406. The minimum atomic E-state index is 0.347. The quantitative estimate of drug-likeness (QED) is 0.597. The summed E-state index contributed by atoms with van der Waals surface area (Å²) in [5.41, 5.74) is 1.72. The third-order valence-corrected chi connectivity index (χ3v) is 1.83. The van der Waals surface area contributed by atoms with Crippen LogP contribution in [-0.4, -0.2) is 0 Å². The molecule has 0 saturated heterocycles. The maximum absolute atomic E-state index is 5.43. The fourth-order valence-electron chi connectivity index (χ4n) is 1.59. The van der Waals surface area contributed by atoms with Crippen LogP contribution in [0, 0.1) is 19.3 Å². The molecule has 0 N–H and O–H groups in total. The molecular formula is C12H19O+. The highest BCUT2D eigenvalue weighted by molar-refractivity contribution is 5.18. The summed E-state index contributed by atoms with van der Waals surface area (Å²) >= 11 is 0. The van der Waals surface area contributed by atoms with E-state index in [2.05, 4.69) is 32.9 Å². The monoisotopic (exact) mass is 179 g/mol. The Hall–Kier alpha value is -0.850. The Bertz CT molecular complexity index is 274. The zero-order chi connectivity index (χ0) is 10.1. The van der Waals surface area contributed by atoms with Crippen molar-refractivity contribution in [3.8, 4) is 0 Å². The highest BCUT2D eigenvalue weighted by Crippen LogP contribution is 2.21. The van der Waals surface area contributed by atoms with Gasteiger partial charge in [0.15, 0.2) is 0 Å². The van der Waals surface area contributed by atoms with Gasteiger partial charge in [0.1, 0.15) is 0 Å². The minimum absolute atomic E-state index is 0.347. The van der Waals surface area contributed by atoms with Crippen molar-refractivity contribution in [2.24, 2.45) is 5.41 Å². The summed E-state index contributed by atoms with van der Waals surface area (Å²) in [6.07, 6.45) is 1.10. The average molecular weight is 179 g/mol. The topological polar surface area (TPSA) is 11.3 Å². The summed E-state index contributed by atoms with van der Waals surface area (Å²) in [4.78, 5) is 0. The molecule has 0 aliphatic heterocycles. The van der Waals surface area contributed by atoms with Gasteiger partial charge in [0.2, 0.25) is 0 Å². The van der Waals surface area contributed by atoms with Crippen LogP contribution in [0.1, 0.15) is 37.9 Å². The SMILES string of the molecule is Cc1cc(CC(C)(C)C)cc(C)[o+]1. The van der Waals surface area contributed by atoms with E-state index < -0.39 is 0 Å². The first kappa shape index (κ1) is 10.2. The molecular weight excluding hydrogens is 160 g/mol. The molecule has 0 aromatic carbocycles. The Morgan fingerprint density at radius 1 is 1.08 bits per heavy atom. The zero-order valence-corrected chi connectivity index (χ0v) is 9.27. The third kappa shape index (κ3) is 3.58. The van der Waals surface area contributed by atoms with Gasteiger partial charge in [0, 0.05) is 12.1 Å². The Balaban J connectivity index is 2.90. The Morgan fingerprint density at radius 3 is 1.92 bits per heavy atom. The van der Waals surface area contributed by atoms with Crippen molar-refractivity contribution in [1.29, 1.82) is 0 Å². The average Bonchev–Trinajstić information content (AvgIpc) is 1.78. The summed E-state index contributed by atoms with van der Waals surface area (Å²) in [6, 6.07) is 4.25. The van der Waals surface area contributed by atoms with Crippen LogP contribution in [0.15, 0.2) is 16.5 Å². The molecule has 0 spiro atoms. The van der Waals surface area contributed by atoms with E-state index in [-0.39, 0.29) is 0 Å². The van der Waals surface area contributed by atoms with Gasteiger partial charge in [-0.2, -0.15) is 0 Å². The summed E-state index contributed by atoms with van der Waals surface area (Å²) < 4.78 is 5.43. The van der Waals surface area contributed by atoms with Gasteiger partial charge in [-0.3, -0.25) is 0 Å². The van der Waals surface area contributed by atoms with E-state index in [0.29, 0.717) is 5.41 Å². The Kier molecular flexibility index (Phi) is 2.74. The van der Waals surface area contributed by atoms with Crippen molar-refractivity contribution in [3.05, 3.63) is 29.2 Å². The normalized spacial score (nSPS) is 11.8. The van der Waals surface area contributed by atoms with E-state index in [1.807, 2.05) is 13.8 Å². The maximum atomic E-state index is 5.43. The van der Waals surface area contributed by atoms with E-state index in [1.165, 1.54) is 5.56 Å². The van der Waals surface area contributed by atoms with Crippen LogP contribution >= 0.6 is 0 Å². The molecule has 0 bridgehead atoms. The smallest absolute Gasteiger partial charge is 0.218 e. The minimum Gasteiger partial charge on any atom is -0.218 e. The predicted molar refractivity (Wildman–Crippen MR) is 55.7 cm³/mol. The summed E-state index contributed by atoms with van der Waals surface area (Å²) in [6.45, 7) is 10.8. The van der Waals surface area contributed by atoms with Crippen molar-refractivity contribution in [2.45, 2.75) is 41.0 Å². The van der Waals surface area contributed by atoms with Gasteiger partial charge in [-0.1, -0.05) is 20.8 Å². The lowest BCUT2D eigenvalue weighted by Gasteiger charge is -2.17. The number of rotatable bonds is 1. The number of hydrogen-bond acceptors (Lipinski definition) is 0. The fourth-order valence-corrected chi connectivity index (χ4v) is 1.59. The number of aryl methyl sites for hydroxylation is 2. The van der Waals surface area contributed by atoms with Crippen molar-refractivity contribution < 1.29 is 4.42 Å². The van der Waals surface area contributed by atoms with Gasteiger partial charge in [-0.25, -0.2) is 4.42 Å². The van der Waals surface area contributed by atoms with Crippen molar-refractivity contribution in [2.75, 3.05) is 0 Å². The highest BCUT2D eigenvalue weighted by atomic mass is 16.3. The third-order valence-electron chi connectivity index (χ3n) is 1.83. The van der Waals surface area contributed by atoms with Crippen LogP contribution in [0.4, 0.5) is 0 Å². The second kappa shape index (κ2) is 3.49. The lowest BCUT2D eigenvalue weighted by atomic mass is 9.88. The largest absolute Gasteiger partial charge is 0.326 e. The molecule has 1 aromatic rings. The summed E-state index contributed by atoms with van der Waals surface area (Å²) in [5.74, 6) is 2.00. The van der Waals surface area contributed by atoms with E-state index >= 15 is 0 Å². The first-order chi connectivity index (χ1) is 5.87. The molecule has 13 heavy (non-hydrogen) atoms. The lowest BCUT2D eigenvalue weighted by Crippen LogP contribution is -2.09. The molecule has 0 radical (unpaired) electrons. The second-order valence-corrected chi connectivity index (χ2v) is 4.92.